The van der Waals surface area contributed by atoms with E-state index in [2.05, 4.69) is 24.3 Å². The van der Waals surface area contributed by atoms with Crippen molar-refractivity contribution in [3.63, 3.8) is 0 Å². The summed E-state index contributed by atoms with van der Waals surface area (Å²) < 4.78 is 1.73. The number of nitrogens with zero attached hydrogens (tertiary/aromatic N) is 2. The van der Waals surface area contributed by atoms with E-state index in [1.165, 1.54) is 0 Å². The highest BCUT2D eigenvalue weighted by Crippen LogP contribution is 2.24. The molecule has 0 saturated carbocycles. The molecule has 1 aromatic heterocycles. The molecule has 0 aliphatic carbocycles. The van der Waals surface area contributed by atoms with Gasteiger partial charge in [-0.1, -0.05) is 32.0 Å². The van der Waals surface area contributed by atoms with E-state index in [-0.39, 0.29) is 5.91 Å². The van der Waals surface area contributed by atoms with Gasteiger partial charge in [-0.3, -0.25) is 9.48 Å². The third-order valence-corrected chi connectivity index (χ3v) is 3.57. The number of aryl methyl sites for hydroxylation is 2. The van der Waals surface area contributed by atoms with E-state index < -0.39 is 0 Å². The highest BCUT2D eigenvalue weighted by Gasteiger charge is 2.18. The van der Waals surface area contributed by atoms with Crippen molar-refractivity contribution in [1.29, 1.82) is 0 Å². The first-order chi connectivity index (χ1) is 9.41. The summed E-state index contributed by atoms with van der Waals surface area (Å²) in [5, 5.41) is 7.30. The number of rotatable bonds is 3. The van der Waals surface area contributed by atoms with Crippen LogP contribution in [-0.2, 0) is 7.05 Å². The molecule has 0 saturated heterocycles. The van der Waals surface area contributed by atoms with Gasteiger partial charge in [0.05, 0.1) is 11.3 Å². The molecule has 0 fully saturated rings. The van der Waals surface area contributed by atoms with Crippen molar-refractivity contribution < 1.29 is 4.79 Å². The molecule has 2 rings (SSSR count). The fourth-order valence-corrected chi connectivity index (χ4v) is 2.40. The molecule has 20 heavy (non-hydrogen) atoms. The lowest BCUT2D eigenvalue weighted by molar-refractivity contribution is 0.102. The summed E-state index contributed by atoms with van der Waals surface area (Å²) in [5.74, 6) is 0.267. The van der Waals surface area contributed by atoms with Crippen LogP contribution in [0.25, 0.3) is 0 Å². The van der Waals surface area contributed by atoms with Crippen molar-refractivity contribution in [1.82, 2.24) is 9.78 Å². The number of carbonyl (C=O) groups is 1. The zero-order valence-corrected chi connectivity index (χ0v) is 12.7. The fraction of sp³-hybridized carbons (Fsp3) is 0.375. The monoisotopic (exact) mass is 271 g/mol. The quantitative estimate of drug-likeness (QED) is 0.930. The van der Waals surface area contributed by atoms with Gasteiger partial charge in [-0.2, -0.15) is 5.10 Å². The Balaban J connectivity index is 2.33. The minimum Gasteiger partial charge on any atom is -0.322 e. The molecule has 1 N–H and O–H groups in total. The van der Waals surface area contributed by atoms with Crippen LogP contribution >= 0.6 is 0 Å². The summed E-state index contributed by atoms with van der Waals surface area (Å²) in [7, 11) is 1.85. The number of aromatic nitrogens is 2. The normalized spacial score (nSPS) is 10.9. The first kappa shape index (κ1) is 14.3. The minimum atomic E-state index is -0.0961. The van der Waals surface area contributed by atoms with Crippen LogP contribution in [0.4, 0.5) is 5.69 Å². The third-order valence-electron chi connectivity index (χ3n) is 3.57. The summed E-state index contributed by atoms with van der Waals surface area (Å²) in [6.07, 6.45) is 0. The predicted molar refractivity (Wildman–Crippen MR) is 81.2 cm³/mol. The summed E-state index contributed by atoms with van der Waals surface area (Å²) in [6, 6.07) is 7.91. The molecule has 4 heteroatoms. The maximum Gasteiger partial charge on any atom is 0.259 e. The molecule has 1 heterocycles. The lowest BCUT2D eigenvalue weighted by Gasteiger charge is -2.13. The first-order valence-corrected chi connectivity index (χ1v) is 6.82. The van der Waals surface area contributed by atoms with E-state index in [0.717, 1.165) is 22.6 Å². The molecule has 0 spiro atoms. The van der Waals surface area contributed by atoms with Gasteiger partial charge in [0.1, 0.15) is 0 Å². The van der Waals surface area contributed by atoms with Gasteiger partial charge < -0.3 is 5.32 Å². The number of carbonyl (C=O) groups excluding carboxylic acids is 1. The maximum absolute atomic E-state index is 12.5. The summed E-state index contributed by atoms with van der Waals surface area (Å²) in [6.45, 7) is 8.00. The second-order valence-corrected chi connectivity index (χ2v) is 5.37. The fourth-order valence-electron chi connectivity index (χ4n) is 2.40. The van der Waals surface area contributed by atoms with Gasteiger partial charge in [0.2, 0.25) is 0 Å². The Morgan fingerprint density at radius 1 is 1.25 bits per heavy atom. The molecule has 1 aromatic carbocycles. The van der Waals surface area contributed by atoms with Crippen LogP contribution in [0.1, 0.15) is 47.1 Å². The Morgan fingerprint density at radius 2 is 1.90 bits per heavy atom. The number of benzene rings is 1. The van der Waals surface area contributed by atoms with E-state index in [1.807, 2.05) is 45.2 Å². The molecule has 2 aromatic rings. The average molecular weight is 271 g/mol. The average Bonchev–Trinajstić information content (AvgIpc) is 2.63. The van der Waals surface area contributed by atoms with Gasteiger partial charge in [-0.25, -0.2) is 0 Å². The molecule has 0 bridgehead atoms. The summed E-state index contributed by atoms with van der Waals surface area (Å²) in [4.78, 5) is 12.5. The Morgan fingerprint density at radius 3 is 2.45 bits per heavy atom. The molecule has 0 aliphatic heterocycles. The standard InChI is InChI=1S/C16H21N3O/c1-10(2)13-8-6-7-9-14(13)17-16(20)15-11(3)18-19(5)12(15)4/h6-10H,1-5H3,(H,17,20). The number of para-hydroxylation sites is 1. The molecule has 1 amide bonds. The highest BCUT2D eigenvalue weighted by atomic mass is 16.1. The number of nitrogens with one attached hydrogen (secondary N) is 1. The Kier molecular flexibility index (Phi) is 3.93. The zero-order chi connectivity index (χ0) is 14.9. The SMILES string of the molecule is Cc1nn(C)c(C)c1C(=O)Nc1ccccc1C(C)C. The smallest absolute Gasteiger partial charge is 0.259 e. The van der Waals surface area contributed by atoms with Crippen LogP contribution in [-0.4, -0.2) is 15.7 Å². The van der Waals surface area contributed by atoms with Gasteiger partial charge in [-0.15, -0.1) is 0 Å². The van der Waals surface area contributed by atoms with Gasteiger partial charge in [0.25, 0.3) is 5.91 Å². The van der Waals surface area contributed by atoms with Gasteiger partial charge in [-0.05, 0) is 31.4 Å². The van der Waals surface area contributed by atoms with Gasteiger partial charge in [0, 0.05) is 18.4 Å². The van der Waals surface area contributed by atoms with Crippen LogP contribution in [0, 0.1) is 13.8 Å². The van der Waals surface area contributed by atoms with Crippen molar-refractivity contribution in [2.45, 2.75) is 33.6 Å². The largest absolute Gasteiger partial charge is 0.322 e. The second kappa shape index (κ2) is 5.49. The van der Waals surface area contributed by atoms with Crippen molar-refractivity contribution in [3.8, 4) is 0 Å². The van der Waals surface area contributed by atoms with Crippen molar-refractivity contribution >= 4 is 11.6 Å². The molecule has 0 unspecified atom stereocenters. The molecule has 0 atom stereocenters. The molecule has 0 radical (unpaired) electrons. The molecule has 0 aliphatic rings. The first-order valence-electron chi connectivity index (χ1n) is 6.82. The van der Waals surface area contributed by atoms with Crippen LogP contribution in [0.15, 0.2) is 24.3 Å². The number of hydrogen-bond donors (Lipinski definition) is 1. The Hall–Kier alpha value is -2.10. The topological polar surface area (TPSA) is 46.9 Å². The minimum absolute atomic E-state index is 0.0961. The van der Waals surface area contributed by atoms with Gasteiger partial charge in [0.15, 0.2) is 0 Å². The Bertz CT molecular complexity index is 641. The third kappa shape index (κ3) is 2.59. The lowest BCUT2D eigenvalue weighted by atomic mass is 10.0. The van der Waals surface area contributed by atoms with E-state index in [9.17, 15) is 4.79 Å². The number of hydrogen-bond acceptors (Lipinski definition) is 2. The van der Waals surface area contributed by atoms with E-state index in [4.69, 9.17) is 0 Å². The highest BCUT2D eigenvalue weighted by molar-refractivity contribution is 6.06. The number of anilines is 1. The lowest BCUT2D eigenvalue weighted by Crippen LogP contribution is -2.15. The predicted octanol–water partition coefficient (Wildman–Crippen LogP) is 3.41. The molecular formula is C16H21N3O. The van der Waals surface area contributed by atoms with E-state index in [0.29, 0.717) is 11.5 Å². The molecule has 106 valence electrons. The summed E-state index contributed by atoms with van der Waals surface area (Å²) in [5.41, 5.74) is 4.30. The van der Waals surface area contributed by atoms with E-state index >= 15 is 0 Å². The van der Waals surface area contributed by atoms with Crippen molar-refractivity contribution in [3.05, 3.63) is 46.8 Å². The van der Waals surface area contributed by atoms with Crippen molar-refractivity contribution in [2.24, 2.45) is 7.05 Å². The molecule has 4 nitrogen and oxygen atoms in total. The van der Waals surface area contributed by atoms with Crippen LogP contribution in [0.3, 0.4) is 0 Å². The van der Waals surface area contributed by atoms with E-state index in [1.54, 1.807) is 4.68 Å². The second-order valence-electron chi connectivity index (χ2n) is 5.37. The van der Waals surface area contributed by atoms with Crippen LogP contribution in [0.5, 0.6) is 0 Å². The van der Waals surface area contributed by atoms with Crippen LogP contribution in [0.2, 0.25) is 0 Å². The van der Waals surface area contributed by atoms with Crippen LogP contribution < -0.4 is 5.32 Å². The zero-order valence-electron chi connectivity index (χ0n) is 12.7. The Labute approximate surface area is 119 Å². The van der Waals surface area contributed by atoms with Gasteiger partial charge >= 0.3 is 0 Å². The number of amides is 1. The van der Waals surface area contributed by atoms with Crippen molar-refractivity contribution in [2.75, 3.05) is 5.32 Å². The maximum atomic E-state index is 12.5. The molecular weight excluding hydrogens is 250 g/mol. The summed E-state index contributed by atoms with van der Waals surface area (Å²) >= 11 is 0.